The molecule has 0 saturated carbocycles. The quantitative estimate of drug-likeness (QED) is 0.785. The Morgan fingerprint density at radius 1 is 1.33 bits per heavy atom. The zero-order chi connectivity index (χ0) is 10.8. The molecule has 5 heteroatoms. The molecular formula is C10H6BrFN2O. The molecule has 0 fully saturated rings. The summed E-state index contributed by atoms with van der Waals surface area (Å²) in [4.78, 5) is 14.6. The molecule has 0 saturated heterocycles. The second-order valence-corrected chi connectivity index (χ2v) is 3.68. The first-order valence-corrected chi connectivity index (χ1v) is 4.96. The molecule has 1 aromatic carbocycles. The SMILES string of the molecule is O=Cc1ncc(Br)n1-c1ccc(F)cc1. The van der Waals surface area contributed by atoms with E-state index in [0.29, 0.717) is 16.6 Å². The highest BCUT2D eigenvalue weighted by molar-refractivity contribution is 9.10. The van der Waals surface area contributed by atoms with Gasteiger partial charge in [-0.15, -0.1) is 0 Å². The predicted octanol–water partition coefficient (Wildman–Crippen LogP) is 2.59. The molecule has 0 radical (unpaired) electrons. The molecule has 0 spiro atoms. The molecule has 0 aliphatic carbocycles. The number of nitrogens with zero attached hydrogens (tertiary/aromatic N) is 2. The van der Waals surface area contributed by atoms with E-state index in [1.165, 1.54) is 18.3 Å². The van der Waals surface area contributed by atoms with E-state index < -0.39 is 0 Å². The van der Waals surface area contributed by atoms with Crippen molar-refractivity contribution < 1.29 is 9.18 Å². The lowest BCUT2D eigenvalue weighted by Crippen LogP contribution is -2.00. The van der Waals surface area contributed by atoms with Crippen LogP contribution in [0.25, 0.3) is 5.69 Å². The average molecular weight is 269 g/mol. The Morgan fingerprint density at radius 3 is 2.60 bits per heavy atom. The number of carbonyl (C=O) groups excluding carboxylic acids is 1. The van der Waals surface area contributed by atoms with Crippen molar-refractivity contribution in [2.45, 2.75) is 0 Å². The maximum atomic E-state index is 12.7. The Hall–Kier alpha value is -1.49. The van der Waals surface area contributed by atoms with E-state index in [-0.39, 0.29) is 11.6 Å². The van der Waals surface area contributed by atoms with Gasteiger partial charge in [-0.2, -0.15) is 0 Å². The van der Waals surface area contributed by atoms with Crippen LogP contribution in [0, 0.1) is 5.82 Å². The zero-order valence-electron chi connectivity index (χ0n) is 7.52. The lowest BCUT2D eigenvalue weighted by atomic mass is 10.3. The second-order valence-electron chi connectivity index (χ2n) is 2.87. The fourth-order valence-corrected chi connectivity index (χ4v) is 1.76. The van der Waals surface area contributed by atoms with Crippen molar-refractivity contribution in [3.63, 3.8) is 0 Å². The molecule has 1 aromatic heterocycles. The van der Waals surface area contributed by atoms with Crippen molar-refractivity contribution in [2.75, 3.05) is 0 Å². The van der Waals surface area contributed by atoms with Gasteiger partial charge < -0.3 is 0 Å². The summed E-state index contributed by atoms with van der Waals surface area (Å²) in [6.07, 6.45) is 2.17. The summed E-state index contributed by atoms with van der Waals surface area (Å²) in [5, 5.41) is 0. The van der Waals surface area contributed by atoms with Gasteiger partial charge in [0.1, 0.15) is 10.4 Å². The number of carbonyl (C=O) groups is 1. The van der Waals surface area contributed by atoms with Crippen LogP contribution in [0.4, 0.5) is 4.39 Å². The molecule has 0 aliphatic heterocycles. The highest BCUT2D eigenvalue weighted by Gasteiger charge is 2.08. The van der Waals surface area contributed by atoms with E-state index in [2.05, 4.69) is 20.9 Å². The molecule has 0 bridgehead atoms. The largest absolute Gasteiger partial charge is 0.294 e. The van der Waals surface area contributed by atoms with Crippen LogP contribution in [0.1, 0.15) is 10.6 Å². The fourth-order valence-electron chi connectivity index (χ4n) is 1.27. The van der Waals surface area contributed by atoms with Gasteiger partial charge >= 0.3 is 0 Å². The zero-order valence-corrected chi connectivity index (χ0v) is 9.11. The van der Waals surface area contributed by atoms with E-state index in [0.717, 1.165) is 0 Å². The minimum Gasteiger partial charge on any atom is -0.294 e. The monoisotopic (exact) mass is 268 g/mol. The Morgan fingerprint density at radius 2 is 2.00 bits per heavy atom. The third-order valence-corrected chi connectivity index (χ3v) is 2.50. The summed E-state index contributed by atoms with van der Waals surface area (Å²) in [5.41, 5.74) is 0.683. The number of imidazole rings is 1. The van der Waals surface area contributed by atoms with Crippen LogP contribution in [0.2, 0.25) is 0 Å². The lowest BCUT2D eigenvalue weighted by Gasteiger charge is -2.05. The van der Waals surface area contributed by atoms with Gasteiger partial charge in [-0.1, -0.05) is 0 Å². The first-order chi connectivity index (χ1) is 7.22. The van der Waals surface area contributed by atoms with Crippen LogP contribution >= 0.6 is 15.9 Å². The Kier molecular flexibility index (Phi) is 2.64. The maximum Gasteiger partial charge on any atom is 0.185 e. The molecule has 1 heterocycles. The van der Waals surface area contributed by atoms with Gasteiger partial charge in [-0.25, -0.2) is 9.37 Å². The van der Waals surface area contributed by atoms with Crippen LogP contribution in [-0.2, 0) is 0 Å². The van der Waals surface area contributed by atoms with Crippen LogP contribution in [0.5, 0.6) is 0 Å². The number of aromatic nitrogens is 2. The highest BCUT2D eigenvalue weighted by Crippen LogP contribution is 2.18. The van der Waals surface area contributed by atoms with Crippen LogP contribution in [0.3, 0.4) is 0 Å². The fraction of sp³-hybridized carbons (Fsp3) is 0. The first-order valence-electron chi connectivity index (χ1n) is 4.17. The van der Waals surface area contributed by atoms with Gasteiger partial charge in [-0.3, -0.25) is 9.36 Å². The van der Waals surface area contributed by atoms with Crippen molar-refractivity contribution >= 4 is 22.2 Å². The molecule has 0 amide bonds. The minimum absolute atomic E-state index is 0.272. The van der Waals surface area contributed by atoms with Crippen molar-refractivity contribution in [1.82, 2.24) is 9.55 Å². The Labute approximate surface area is 93.7 Å². The third-order valence-electron chi connectivity index (χ3n) is 1.94. The number of hydrogen-bond donors (Lipinski definition) is 0. The third kappa shape index (κ3) is 1.83. The standard InChI is InChI=1S/C10H6BrFN2O/c11-9-5-13-10(6-15)14(9)8-3-1-7(12)2-4-8/h1-6H. The highest BCUT2D eigenvalue weighted by atomic mass is 79.9. The Balaban J connectivity index is 2.57. The van der Waals surface area contributed by atoms with Crippen LogP contribution in [0.15, 0.2) is 35.1 Å². The number of hydrogen-bond acceptors (Lipinski definition) is 2. The first kappa shape index (κ1) is 10.0. The van der Waals surface area contributed by atoms with Gasteiger partial charge in [0.05, 0.1) is 6.20 Å². The summed E-state index contributed by atoms with van der Waals surface area (Å²) in [6, 6.07) is 5.82. The van der Waals surface area contributed by atoms with E-state index in [9.17, 15) is 9.18 Å². The van der Waals surface area contributed by atoms with Gasteiger partial charge in [0, 0.05) is 5.69 Å². The van der Waals surface area contributed by atoms with Gasteiger partial charge in [0.25, 0.3) is 0 Å². The number of aldehydes is 1. The summed E-state index contributed by atoms with van der Waals surface area (Å²) in [7, 11) is 0. The van der Waals surface area contributed by atoms with Crippen molar-refractivity contribution in [2.24, 2.45) is 0 Å². The van der Waals surface area contributed by atoms with E-state index >= 15 is 0 Å². The van der Waals surface area contributed by atoms with Crippen molar-refractivity contribution in [1.29, 1.82) is 0 Å². The summed E-state index contributed by atoms with van der Waals surface area (Å²) >= 11 is 3.26. The van der Waals surface area contributed by atoms with Crippen molar-refractivity contribution in [3.8, 4) is 5.69 Å². The molecule has 0 atom stereocenters. The summed E-state index contributed by atoms with van der Waals surface area (Å²) in [6.45, 7) is 0. The number of halogens is 2. The predicted molar refractivity (Wildman–Crippen MR) is 56.6 cm³/mol. The molecule has 15 heavy (non-hydrogen) atoms. The number of rotatable bonds is 2. The molecule has 0 N–H and O–H groups in total. The minimum atomic E-state index is -0.317. The molecule has 2 aromatic rings. The second kappa shape index (κ2) is 3.94. The van der Waals surface area contributed by atoms with Crippen LogP contribution in [-0.4, -0.2) is 15.8 Å². The topological polar surface area (TPSA) is 34.9 Å². The smallest absolute Gasteiger partial charge is 0.185 e. The van der Waals surface area contributed by atoms with Gasteiger partial charge in [0.2, 0.25) is 0 Å². The maximum absolute atomic E-state index is 12.7. The average Bonchev–Trinajstić information content (AvgIpc) is 2.61. The van der Waals surface area contributed by atoms with E-state index in [4.69, 9.17) is 0 Å². The summed E-state index contributed by atoms with van der Waals surface area (Å²) < 4.78 is 14.9. The molecule has 0 unspecified atom stereocenters. The van der Waals surface area contributed by atoms with Crippen molar-refractivity contribution in [3.05, 3.63) is 46.7 Å². The molecule has 2 rings (SSSR count). The molecule has 76 valence electrons. The summed E-state index contributed by atoms with van der Waals surface area (Å²) in [5.74, 6) is -0.0453. The molecule has 0 aliphatic rings. The van der Waals surface area contributed by atoms with Gasteiger partial charge in [0.15, 0.2) is 12.1 Å². The van der Waals surface area contributed by atoms with Crippen LogP contribution < -0.4 is 0 Å². The van der Waals surface area contributed by atoms with E-state index in [1.54, 1.807) is 16.7 Å². The lowest BCUT2D eigenvalue weighted by molar-refractivity contribution is 0.111. The van der Waals surface area contributed by atoms with E-state index in [1.807, 2.05) is 0 Å². The van der Waals surface area contributed by atoms with Gasteiger partial charge in [-0.05, 0) is 40.2 Å². The normalized spacial score (nSPS) is 10.3. The Bertz CT molecular complexity index is 493. The molecular weight excluding hydrogens is 263 g/mol. The number of benzene rings is 1. The molecule has 3 nitrogen and oxygen atoms in total.